The highest BCUT2D eigenvalue weighted by molar-refractivity contribution is 5.81. The van der Waals surface area contributed by atoms with Gasteiger partial charge >= 0.3 is 0 Å². The quantitative estimate of drug-likeness (QED) is 0.764. The molecule has 1 aliphatic rings. The van der Waals surface area contributed by atoms with Crippen LogP contribution in [-0.4, -0.2) is 36.8 Å². The van der Waals surface area contributed by atoms with E-state index in [1.54, 1.807) is 7.11 Å². The molecule has 2 unspecified atom stereocenters. The van der Waals surface area contributed by atoms with Crippen LogP contribution in [0.2, 0.25) is 0 Å². The van der Waals surface area contributed by atoms with E-state index in [1.165, 1.54) is 0 Å². The van der Waals surface area contributed by atoms with Crippen molar-refractivity contribution in [2.24, 2.45) is 0 Å². The molecule has 1 aliphatic carbocycles. The number of aliphatic hydroxyl groups is 1. The molecule has 20 heavy (non-hydrogen) atoms. The monoisotopic (exact) mass is 278 g/mol. The Labute approximate surface area is 119 Å². The Morgan fingerprint density at radius 1 is 1.35 bits per heavy atom. The molecule has 0 spiro atoms. The summed E-state index contributed by atoms with van der Waals surface area (Å²) in [6.45, 7) is 0.170. The van der Waals surface area contributed by atoms with Gasteiger partial charge in [0, 0.05) is 0 Å². The number of benzene rings is 1. The van der Waals surface area contributed by atoms with Gasteiger partial charge in [0.15, 0.2) is 0 Å². The fraction of sp³-hybridized carbons (Fsp3) is 0.533. The first-order chi connectivity index (χ1) is 9.70. The Bertz CT molecular complexity index is 450. The van der Waals surface area contributed by atoms with E-state index >= 15 is 0 Å². The number of anilines is 1. The number of methoxy groups -OCH3 is 1. The summed E-state index contributed by atoms with van der Waals surface area (Å²) in [6, 6.07) is 7.35. The van der Waals surface area contributed by atoms with Crippen molar-refractivity contribution in [3.63, 3.8) is 0 Å². The number of nitrogens with one attached hydrogen (secondary N) is 2. The minimum absolute atomic E-state index is 0.109. The number of carbonyl (C=O) groups excluding carboxylic acids is 1. The first-order valence-corrected chi connectivity index (χ1v) is 7.05. The Morgan fingerprint density at radius 2 is 2.10 bits per heavy atom. The third-order valence-corrected chi connectivity index (χ3v) is 3.62. The highest BCUT2D eigenvalue weighted by Crippen LogP contribution is 2.22. The van der Waals surface area contributed by atoms with Crippen molar-refractivity contribution in [2.75, 3.05) is 19.0 Å². The summed E-state index contributed by atoms with van der Waals surface area (Å²) in [7, 11) is 1.60. The minimum Gasteiger partial charge on any atom is -0.495 e. The van der Waals surface area contributed by atoms with E-state index < -0.39 is 6.10 Å². The van der Waals surface area contributed by atoms with Gasteiger partial charge in [-0.05, 0) is 25.0 Å². The van der Waals surface area contributed by atoms with Crippen LogP contribution < -0.4 is 15.4 Å². The Morgan fingerprint density at radius 3 is 2.85 bits per heavy atom. The maximum Gasteiger partial charge on any atom is 0.239 e. The lowest BCUT2D eigenvalue weighted by atomic mass is 9.92. The fourth-order valence-electron chi connectivity index (χ4n) is 2.50. The number of amides is 1. The molecular formula is C15H22N2O3. The highest BCUT2D eigenvalue weighted by atomic mass is 16.5. The molecule has 1 amide bonds. The van der Waals surface area contributed by atoms with Crippen LogP contribution in [0.3, 0.4) is 0 Å². The lowest BCUT2D eigenvalue weighted by Gasteiger charge is -2.28. The molecule has 3 N–H and O–H groups in total. The first kappa shape index (κ1) is 14.7. The molecule has 1 aromatic carbocycles. The smallest absolute Gasteiger partial charge is 0.239 e. The molecule has 1 saturated carbocycles. The van der Waals surface area contributed by atoms with Crippen molar-refractivity contribution in [1.82, 2.24) is 5.32 Å². The number of para-hydroxylation sites is 2. The van der Waals surface area contributed by atoms with Crippen molar-refractivity contribution >= 4 is 11.6 Å². The number of aliphatic hydroxyl groups excluding tert-OH is 1. The van der Waals surface area contributed by atoms with Crippen LogP contribution in [0.25, 0.3) is 0 Å². The van der Waals surface area contributed by atoms with E-state index in [9.17, 15) is 9.90 Å². The molecular weight excluding hydrogens is 256 g/mol. The highest BCUT2D eigenvalue weighted by Gasteiger charge is 2.24. The van der Waals surface area contributed by atoms with Crippen LogP contribution in [0.1, 0.15) is 25.7 Å². The van der Waals surface area contributed by atoms with E-state index in [-0.39, 0.29) is 18.5 Å². The Balaban J connectivity index is 1.82. The predicted octanol–water partition coefficient (Wildman–Crippen LogP) is 1.53. The third-order valence-electron chi connectivity index (χ3n) is 3.62. The molecule has 5 heteroatoms. The SMILES string of the molecule is COc1ccccc1NCC(=O)NC1CCCCC1O. The summed E-state index contributed by atoms with van der Waals surface area (Å²) >= 11 is 0. The van der Waals surface area contributed by atoms with Crippen molar-refractivity contribution in [3.05, 3.63) is 24.3 Å². The van der Waals surface area contributed by atoms with Crippen LogP contribution in [0.5, 0.6) is 5.75 Å². The maximum absolute atomic E-state index is 11.9. The van der Waals surface area contributed by atoms with Gasteiger partial charge in [-0.1, -0.05) is 25.0 Å². The molecule has 0 saturated heterocycles. The van der Waals surface area contributed by atoms with E-state index in [0.717, 1.165) is 31.4 Å². The first-order valence-electron chi connectivity index (χ1n) is 7.05. The van der Waals surface area contributed by atoms with E-state index in [4.69, 9.17) is 4.74 Å². The fourth-order valence-corrected chi connectivity index (χ4v) is 2.50. The van der Waals surface area contributed by atoms with E-state index in [1.807, 2.05) is 24.3 Å². The minimum atomic E-state index is -0.418. The Hall–Kier alpha value is -1.75. The number of hydrogen-bond donors (Lipinski definition) is 3. The number of hydrogen-bond acceptors (Lipinski definition) is 4. The number of carbonyl (C=O) groups is 1. The molecule has 0 heterocycles. The van der Waals surface area contributed by atoms with Crippen LogP contribution in [0.4, 0.5) is 5.69 Å². The van der Waals surface area contributed by atoms with Gasteiger partial charge in [-0.2, -0.15) is 0 Å². The molecule has 5 nitrogen and oxygen atoms in total. The van der Waals surface area contributed by atoms with Crippen LogP contribution in [0, 0.1) is 0 Å². The average Bonchev–Trinajstić information content (AvgIpc) is 2.48. The molecule has 1 fully saturated rings. The second-order valence-electron chi connectivity index (χ2n) is 5.08. The van der Waals surface area contributed by atoms with Gasteiger partial charge in [-0.15, -0.1) is 0 Å². The standard InChI is InChI=1S/C15H22N2O3/c1-20-14-9-5-3-7-12(14)16-10-15(19)17-11-6-2-4-8-13(11)18/h3,5,7,9,11,13,16,18H,2,4,6,8,10H2,1H3,(H,17,19). The van der Waals surface area contributed by atoms with Crippen LogP contribution in [-0.2, 0) is 4.79 Å². The summed E-state index contributed by atoms with van der Waals surface area (Å²) in [5, 5.41) is 15.8. The van der Waals surface area contributed by atoms with E-state index in [0.29, 0.717) is 5.75 Å². The van der Waals surface area contributed by atoms with Gasteiger partial charge in [-0.25, -0.2) is 0 Å². The zero-order chi connectivity index (χ0) is 14.4. The second-order valence-corrected chi connectivity index (χ2v) is 5.08. The van der Waals surface area contributed by atoms with Crippen LogP contribution in [0.15, 0.2) is 24.3 Å². The molecule has 0 bridgehead atoms. The largest absolute Gasteiger partial charge is 0.495 e. The zero-order valence-corrected chi connectivity index (χ0v) is 11.8. The van der Waals surface area contributed by atoms with Gasteiger partial charge < -0.3 is 20.5 Å². The average molecular weight is 278 g/mol. The summed E-state index contributed by atoms with van der Waals surface area (Å²) in [5.41, 5.74) is 0.786. The number of rotatable bonds is 5. The molecule has 2 rings (SSSR count). The van der Waals surface area contributed by atoms with E-state index in [2.05, 4.69) is 10.6 Å². The Kier molecular flexibility index (Phi) is 5.24. The molecule has 0 aliphatic heterocycles. The molecule has 110 valence electrons. The topological polar surface area (TPSA) is 70.6 Å². The van der Waals surface area contributed by atoms with Crippen molar-refractivity contribution < 1.29 is 14.6 Å². The van der Waals surface area contributed by atoms with Crippen molar-refractivity contribution in [1.29, 1.82) is 0 Å². The van der Waals surface area contributed by atoms with Crippen molar-refractivity contribution in [2.45, 2.75) is 37.8 Å². The molecule has 2 atom stereocenters. The van der Waals surface area contributed by atoms with Gasteiger partial charge in [-0.3, -0.25) is 4.79 Å². The van der Waals surface area contributed by atoms with Gasteiger partial charge in [0.25, 0.3) is 0 Å². The van der Waals surface area contributed by atoms with Gasteiger partial charge in [0.2, 0.25) is 5.91 Å². The molecule has 0 radical (unpaired) electrons. The van der Waals surface area contributed by atoms with Gasteiger partial charge in [0.05, 0.1) is 31.5 Å². The third kappa shape index (κ3) is 3.87. The summed E-state index contributed by atoms with van der Waals surface area (Å²) in [6.07, 6.45) is 3.29. The molecule has 0 aromatic heterocycles. The summed E-state index contributed by atoms with van der Waals surface area (Å²) in [5.74, 6) is 0.597. The van der Waals surface area contributed by atoms with Crippen LogP contribution >= 0.6 is 0 Å². The second kappa shape index (κ2) is 7.14. The number of ether oxygens (including phenoxy) is 1. The molecule has 1 aromatic rings. The predicted molar refractivity (Wildman–Crippen MR) is 77.9 cm³/mol. The normalized spacial score (nSPS) is 22.1. The van der Waals surface area contributed by atoms with Crippen molar-refractivity contribution in [3.8, 4) is 5.75 Å². The summed E-state index contributed by atoms with van der Waals surface area (Å²) in [4.78, 5) is 11.9. The maximum atomic E-state index is 11.9. The van der Waals surface area contributed by atoms with Gasteiger partial charge in [0.1, 0.15) is 5.75 Å². The zero-order valence-electron chi connectivity index (χ0n) is 11.8. The summed E-state index contributed by atoms with van der Waals surface area (Å²) < 4.78 is 5.21. The lowest BCUT2D eigenvalue weighted by Crippen LogP contribution is -2.46. The lowest BCUT2D eigenvalue weighted by molar-refractivity contribution is -0.121.